The molecule has 1 aliphatic heterocycles. The van der Waals surface area contributed by atoms with Crippen molar-refractivity contribution >= 4 is 17.5 Å². The highest BCUT2D eigenvalue weighted by atomic mass is 35.5. The molecule has 39 heavy (non-hydrogen) atoms. The van der Waals surface area contributed by atoms with Crippen molar-refractivity contribution in [2.45, 2.75) is 43.7 Å². The maximum atomic E-state index is 13.4. The van der Waals surface area contributed by atoms with Gasteiger partial charge in [0.15, 0.2) is 6.10 Å². The second kappa shape index (κ2) is 10.3. The van der Waals surface area contributed by atoms with Gasteiger partial charge in [0, 0.05) is 11.6 Å². The van der Waals surface area contributed by atoms with E-state index in [0.717, 1.165) is 29.9 Å². The number of halogens is 1. The zero-order valence-electron chi connectivity index (χ0n) is 21.3. The Bertz CT molecular complexity index is 1580. The predicted octanol–water partition coefficient (Wildman–Crippen LogP) is 5.30. The Labute approximate surface area is 231 Å². The lowest BCUT2D eigenvalue weighted by Crippen LogP contribution is -2.36. The van der Waals surface area contributed by atoms with E-state index < -0.39 is 12.0 Å². The summed E-state index contributed by atoms with van der Waals surface area (Å²) in [5.41, 5.74) is 2.05. The van der Waals surface area contributed by atoms with Gasteiger partial charge in [-0.1, -0.05) is 54.1 Å². The first-order chi connectivity index (χ1) is 18.9. The minimum atomic E-state index is -1.35. The fourth-order valence-electron chi connectivity index (χ4n) is 5.30. The Kier molecular flexibility index (Phi) is 6.71. The van der Waals surface area contributed by atoms with Crippen LogP contribution in [0.5, 0.6) is 11.5 Å². The number of nitrogens with one attached hydrogen (secondary N) is 1. The quantitative estimate of drug-likeness (QED) is 0.345. The summed E-state index contributed by atoms with van der Waals surface area (Å²) in [5, 5.41) is 11.2. The maximum absolute atomic E-state index is 13.4. The summed E-state index contributed by atoms with van der Waals surface area (Å²) in [7, 11) is 0. The number of aromatic amines is 1. The zero-order valence-corrected chi connectivity index (χ0v) is 22.0. The summed E-state index contributed by atoms with van der Waals surface area (Å²) >= 11 is 6.04. The van der Waals surface area contributed by atoms with Crippen LogP contribution < -0.4 is 10.3 Å². The highest BCUT2D eigenvalue weighted by molar-refractivity contribution is 6.30. The SMILES string of the molecule is O=C([C@H](O)c1cccc(Cl)c1)N1CCCc2nc(C3(c4cccc(Oc5ccccc5)c4)CC3)[nH]c(=O)c2C1. The van der Waals surface area contributed by atoms with E-state index in [1.807, 2.05) is 54.6 Å². The molecule has 3 aromatic carbocycles. The van der Waals surface area contributed by atoms with E-state index in [1.165, 1.54) is 4.90 Å². The monoisotopic (exact) mass is 541 g/mol. The third-order valence-corrected chi connectivity index (χ3v) is 7.81. The van der Waals surface area contributed by atoms with E-state index in [9.17, 15) is 14.7 Å². The first kappa shape index (κ1) is 25.3. The molecule has 1 atom stereocenters. The van der Waals surface area contributed by atoms with Crippen molar-refractivity contribution in [1.29, 1.82) is 0 Å². The van der Waals surface area contributed by atoms with E-state index in [4.69, 9.17) is 21.3 Å². The van der Waals surface area contributed by atoms with Crippen molar-refractivity contribution in [3.63, 3.8) is 0 Å². The second-order valence-corrected chi connectivity index (χ2v) is 10.6. The molecular formula is C31H28ClN3O4. The number of hydrogen-bond acceptors (Lipinski definition) is 5. The second-order valence-electron chi connectivity index (χ2n) is 10.2. The number of fused-ring (bicyclic) bond motifs is 1. The minimum Gasteiger partial charge on any atom is -0.457 e. The van der Waals surface area contributed by atoms with Crippen LogP contribution in [0.15, 0.2) is 83.7 Å². The summed E-state index contributed by atoms with van der Waals surface area (Å²) in [6.45, 7) is 0.521. The van der Waals surface area contributed by atoms with Gasteiger partial charge in [0.2, 0.25) is 0 Å². The van der Waals surface area contributed by atoms with Crippen molar-refractivity contribution in [3.05, 3.63) is 122 Å². The minimum absolute atomic E-state index is 0.0990. The number of aliphatic hydroxyl groups excluding tert-OH is 1. The number of aliphatic hydroxyl groups is 1. The number of H-pyrrole nitrogens is 1. The summed E-state index contributed by atoms with van der Waals surface area (Å²) < 4.78 is 6.04. The predicted molar refractivity (Wildman–Crippen MR) is 148 cm³/mol. The van der Waals surface area contributed by atoms with E-state index in [-0.39, 0.29) is 17.5 Å². The standard InChI is InChI=1S/C31H28ClN3O4/c32-22-9-4-7-20(17-22)27(36)29(38)35-16-6-13-26-25(19-35)28(37)34-30(33-26)31(14-15-31)21-8-5-12-24(18-21)39-23-10-2-1-3-11-23/h1-5,7-12,17-18,27,36H,6,13-16,19H2,(H,33,34,37)/t27-/m1/s1. The van der Waals surface area contributed by atoms with Crippen LogP contribution in [0.4, 0.5) is 0 Å². The summed E-state index contributed by atoms with van der Waals surface area (Å²) in [5.74, 6) is 1.69. The number of carbonyl (C=O) groups is 1. The van der Waals surface area contributed by atoms with Crippen molar-refractivity contribution in [2.75, 3.05) is 6.54 Å². The molecule has 1 fully saturated rings. The van der Waals surface area contributed by atoms with E-state index in [2.05, 4.69) is 4.98 Å². The van der Waals surface area contributed by atoms with Gasteiger partial charge in [-0.15, -0.1) is 0 Å². The summed E-state index contributed by atoms with van der Waals surface area (Å²) in [4.78, 5) is 36.0. The number of carbonyl (C=O) groups excluding carboxylic acids is 1. The highest BCUT2D eigenvalue weighted by Crippen LogP contribution is 2.52. The number of nitrogens with zero attached hydrogens (tertiary/aromatic N) is 2. The molecular weight excluding hydrogens is 514 g/mol. The van der Waals surface area contributed by atoms with Gasteiger partial charge in [0.05, 0.1) is 23.2 Å². The number of ether oxygens (including phenoxy) is 1. The van der Waals surface area contributed by atoms with Crippen LogP contribution in [-0.4, -0.2) is 32.4 Å². The molecule has 2 aliphatic rings. The number of amides is 1. The molecule has 1 saturated carbocycles. The van der Waals surface area contributed by atoms with Gasteiger partial charge in [-0.2, -0.15) is 0 Å². The van der Waals surface area contributed by atoms with Crippen LogP contribution in [0.1, 0.15) is 53.6 Å². The van der Waals surface area contributed by atoms with Crippen LogP contribution in [0.25, 0.3) is 0 Å². The Morgan fingerprint density at radius 1 is 1.03 bits per heavy atom. The molecule has 6 rings (SSSR count). The molecule has 1 amide bonds. The largest absolute Gasteiger partial charge is 0.457 e. The third kappa shape index (κ3) is 5.07. The number of benzene rings is 3. The average Bonchev–Trinajstić information content (AvgIpc) is 3.78. The number of para-hydroxylation sites is 1. The summed E-state index contributed by atoms with van der Waals surface area (Å²) in [6.07, 6.45) is 1.62. The molecule has 198 valence electrons. The Hall–Kier alpha value is -3.94. The molecule has 0 spiro atoms. The van der Waals surface area contributed by atoms with Crippen molar-refractivity contribution < 1.29 is 14.6 Å². The lowest BCUT2D eigenvalue weighted by Gasteiger charge is -2.24. The molecule has 2 N–H and O–H groups in total. The van der Waals surface area contributed by atoms with Crippen molar-refractivity contribution in [2.24, 2.45) is 0 Å². The molecule has 0 saturated heterocycles. The van der Waals surface area contributed by atoms with Crippen LogP contribution in [0, 0.1) is 0 Å². The topological polar surface area (TPSA) is 95.5 Å². The van der Waals surface area contributed by atoms with E-state index >= 15 is 0 Å². The molecule has 0 bridgehead atoms. The smallest absolute Gasteiger partial charge is 0.256 e. The number of hydrogen-bond donors (Lipinski definition) is 2. The fraction of sp³-hybridized carbons (Fsp3) is 0.258. The fourth-order valence-corrected chi connectivity index (χ4v) is 5.50. The van der Waals surface area contributed by atoms with Crippen LogP contribution in [0.3, 0.4) is 0 Å². The lowest BCUT2D eigenvalue weighted by atomic mass is 9.94. The van der Waals surface area contributed by atoms with Crippen molar-refractivity contribution in [3.8, 4) is 11.5 Å². The van der Waals surface area contributed by atoms with Crippen LogP contribution in [0.2, 0.25) is 5.02 Å². The van der Waals surface area contributed by atoms with Gasteiger partial charge in [-0.3, -0.25) is 9.59 Å². The Morgan fingerprint density at radius 2 is 1.79 bits per heavy atom. The Balaban J connectivity index is 1.26. The maximum Gasteiger partial charge on any atom is 0.256 e. The van der Waals surface area contributed by atoms with Crippen molar-refractivity contribution in [1.82, 2.24) is 14.9 Å². The number of aromatic nitrogens is 2. The van der Waals surface area contributed by atoms with E-state index in [1.54, 1.807) is 24.3 Å². The molecule has 1 aliphatic carbocycles. The van der Waals surface area contributed by atoms with Crippen LogP contribution >= 0.6 is 11.6 Å². The zero-order chi connectivity index (χ0) is 27.0. The van der Waals surface area contributed by atoms with Gasteiger partial charge < -0.3 is 19.7 Å². The molecule has 7 nitrogen and oxygen atoms in total. The first-order valence-corrected chi connectivity index (χ1v) is 13.5. The number of rotatable bonds is 6. The van der Waals surface area contributed by atoms with Gasteiger partial charge in [-0.05, 0) is 73.2 Å². The molecule has 1 aromatic heterocycles. The average molecular weight is 542 g/mol. The van der Waals surface area contributed by atoms with Crippen LogP contribution in [-0.2, 0) is 23.2 Å². The third-order valence-electron chi connectivity index (χ3n) is 7.57. The molecule has 2 heterocycles. The van der Waals surface area contributed by atoms with Gasteiger partial charge in [-0.25, -0.2) is 4.98 Å². The lowest BCUT2D eigenvalue weighted by molar-refractivity contribution is -0.141. The highest BCUT2D eigenvalue weighted by Gasteiger charge is 2.49. The van der Waals surface area contributed by atoms with Gasteiger partial charge in [0.1, 0.15) is 17.3 Å². The molecule has 0 unspecified atom stereocenters. The van der Waals surface area contributed by atoms with E-state index in [0.29, 0.717) is 47.1 Å². The molecule has 8 heteroatoms. The molecule has 0 radical (unpaired) electrons. The summed E-state index contributed by atoms with van der Waals surface area (Å²) in [6, 6.07) is 24.2. The number of aryl methyl sites for hydroxylation is 1. The van der Waals surface area contributed by atoms with Gasteiger partial charge in [0.25, 0.3) is 11.5 Å². The normalized spacial score (nSPS) is 16.6. The Morgan fingerprint density at radius 3 is 2.56 bits per heavy atom. The van der Waals surface area contributed by atoms with Gasteiger partial charge >= 0.3 is 0 Å². The molecule has 4 aromatic rings. The first-order valence-electron chi connectivity index (χ1n) is 13.1.